The molecule has 0 aromatic heterocycles. The topological polar surface area (TPSA) is 44.2 Å². The Morgan fingerprint density at radius 2 is 2.09 bits per heavy atom. The third-order valence-electron chi connectivity index (χ3n) is 1.41. The van der Waals surface area contributed by atoms with Crippen molar-refractivity contribution in [2.45, 2.75) is 26.8 Å². The van der Waals surface area contributed by atoms with E-state index < -0.39 is 0 Å². The second-order valence-electron chi connectivity index (χ2n) is 2.46. The fraction of sp³-hybridized carbons (Fsp3) is 0.500. The van der Waals surface area contributed by atoms with Crippen LogP contribution in [0.4, 0.5) is 0 Å². The van der Waals surface area contributed by atoms with E-state index in [4.69, 9.17) is 5.41 Å². The molecule has 0 aliphatic rings. The van der Waals surface area contributed by atoms with E-state index in [1.165, 1.54) is 0 Å². The van der Waals surface area contributed by atoms with Gasteiger partial charge in [0, 0.05) is 6.04 Å². The number of hydrogen-bond donors (Lipinski definition) is 1. The third kappa shape index (κ3) is 2.53. The summed E-state index contributed by atoms with van der Waals surface area (Å²) >= 11 is 0. The Kier molecular flexibility index (Phi) is 4.18. The Balaban J connectivity index is 4.47. The number of allylic oxidation sites excluding steroid dienone is 2. The fourth-order valence-electron chi connectivity index (χ4n) is 0.800. The summed E-state index contributed by atoms with van der Waals surface area (Å²) in [7, 11) is 0. The first kappa shape index (κ1) is 9.88. The maximum atomic E-state index is 10.4. The largest absolute Gasteiger partial charge is 0.328 e. The number of carbonyl (C=O) groups is 1. The Labute approximate surface area is 67.2 Å². The molecule has 3 nitrogen and oxygen atoms in total. The van der Waals surface area contributed by atoms with Gasteiger partial charge in [0.15, 0.2) is 6.29 Å². The van der Waals surface area contributed by atoms with Gasteiger partial charge >= 0.3 is 0 Å². The molecular weight excluding hydrogens is 140 g/mol. The molecule has 0 saturated heterocycles. The first-order valence-electron chi connectivity index (χ1n) is 3.57. The highest BCUT2D eigenvalue weighted by atomic mass is 16.1. The molecule has 0 aromatic rings. The number of rotatable bonds is 4. The predicted octanol–water partition coefficient (Wildman–Crippen LogP) is 1.41. The molecule has 62 valence electrons. The Bertz CT molecular complexity index is 173. The minimum Gasteiger partial charge on any atom is -0.328 e. The van der Waals surface area contributed by atoms with Crippen LogP contribution in [0.15, 0.2) is 11.8 Å². The lowest BCUT2D eigenvalue weighted by atomic mass is 10.3. The number of carbonyl (C=O) groups excluding carboxylic acids is 1. The molecule has 0 heterocycles. The van der Waals surface area contributed by atoms with Gasteiger partial charge < -0.3 is 4.90 Å². The van der Waals surface area contributed by atoms with Crippen LogP contribution in [0.25, 0.3) is 0 Å². The maximum absolute atomic E-state index is 10.4. The van der Waals surface area contributed by atoms with Crippen LogP contribution in [-0.4, -0.2) is 23.6 Å². The van der Waals surface area contributed by atoms with Gasteiger partial charge in [0.05, 0.1) is 12.0 Å². The van der Waals surface area contributed by atoms with Crippen molar-refractivity contribution in [1.29, 1.82) is 5.41 Å². The van der Waals surface area contributed by atoms with Gasteiger partial charge in [-0.1, -0.05) is 6.08 Å². The fourth-order valence-corrected chi connectivity index (χ4v) is 0.800. The molecule has 0 atom stereocenters. The van der Waals surface area contributed by atoms with Crippen molar-refractivity contribution in [2.75, 3.05) is 0 Å². The second-order valence-corrected chi connectivity index (χ2v) is 2.46. The zero-order valence-corrected chi connectivity index (χ0v) is 7.16. The molecule has 0 aliphatic carbocycles. The Morgan fingerprint density at radius 3 is 2.18 bits per heavy atom. The molecule has 1 N–H and O–H groups in total. The summed E-state index contributed by atoms with van der Waals surface area (Å²) in [5.74, 6) is 0. The van der Waals surface area contributed by atoms with Crippen molar-refractivity contribution in [1.82, 2.24) is 4.90 Å². The maximum Gasteiger partial charge on any atom is 0.166 e. The molecule has 0 aromatic carbocycles. The van der Waals surface area contributed by atoms with Gasteiger partial charge in [-0.25, -0.2) is 0 Å². The minimum atomic E-state index is 0.156. The molecular formula is C8H14N2O. The summed E-state index contributed by atoms with van der Waals surface area (Å²) in [6.07, 6.45) is 3.61. The summed E-state index contributed by atoms with van der Waals surface area (Å²) in [5.41, 5.74) is 0.537. The van der Waals surface area contributed by atoms with Crippen molar-refractivity contribution in [2.24, 2.45) is 0 Å². The predicted molar refractivity (Wildman–Crippen MR) is 45.6 cm³/mol. The highest BCUT2D eigenvalue weighted by molar-refractivity contribution is 5.77. The lowest BCUT2D eigenvalue weighted by molar-refractivity contribution is -0.105. The lowest BCUT2D eigenvalue weighted by Crippen LogP contribution is -2.28. The van der Waals surface area contributed by atoms with Gasteiger partial charge in [-0.05, 0) is 20.8 Å². The molecule has 0 amide bonds. The normalized spacial score (nSPS) is 11.5. The Hall–Kier alpha value is -1.12. The van der Waals surface area contributed by atoms with Gasteiger partial charge in [-0.2, -0.15) is 0 Å². The number of nitrogens with zero attached hydrogens (tertiary/aromatic N) is 1. The molecule has 11 heavy (non-hydrogen) atoms. The summed E-state index contributed by atoms with van der Waals surface area (Å²) in [4.78, 5) is 12.0. The van der Waals surface area contributed by atoms with E-state index in [-0.39, 0.29) is 6.04 Å². The summed E-state index contributed by atoms with van der Waals surface area (Å²) in [6, 6.07) is 0.156. The minimum absolute atomic E-state index is 0.156. The van der Waals surface area contributed by atoms with Crippen LogP contribution in [0.3, 0.4) is 0 Å². The van der Waals surface area contributed by atoms with Crippen LogP contribution in [0.5, 0.6) is 0 Å². The molecule has 0 rings (SSSR count). The van der Waals surface area contributed by atoms with Crippen molar-refractivity contribution >= 4 is 12.6 Å². The molecule has 0 unspecified atom stereocenters. The van der Waals surface area contributed by atoms with Gasteiger partial charge in [0.25, 0.3) is 0 Å². The van der Waals surface area contributed by atoms with Crippen molar-refractivity contribution in [3.8, 4) is 0 Å². The smallest absolute Gasteiger partial charge is 0.166 e. The average Bonchev–Trinajstić information content (AvgIpc) is 1.99. The molecule has 0 fully saturated rings. The Morgan fingerprint density at radius 1 is 1.55 bits per heavy atom. The molecule has 0 bridgehead atoms. The van der Waals surface area contributed by atoms with E-state index in [0.717, 1.165) is 12.6 Å². The number of hydrogen-bond acceptors (Lipinski definition) is 2. The van der Waals surface area contributed by atoms with E-state index in [0.29, 0.717) is 5.70 Å². The standard InChI is InChI=1S/C8H14N2O/c1-4-8(5-11)10(6-9)7(2)3/h4-7,9H,1-3H3/b8-4-,9-6?. The van der Waals surface area contributed by atoms with Crippen molar-refractivity contribution < 1.29 is 4.79 Å². The summed E-state index contributed by atoms with van der Waals surface area (Å²) in [6.45, 7) is 5.64. The van der Waals surface area contributed by atoms with E-state index >= 15 is 0 Å². The average molecular weight is 154 g/mol. The highest BCUT2D eigenvalue weighted by Crippen LogP contribution is 2.03. The van der Waals surface area contributed by atoms with Crippen LogP contribution in [0.2, 0.25) is 0 Å². The van der Waals surface area contributed by atoms with Crippen LogP contribution < -0.4 is 0 Å². The van der Waals surface area contributed by atoms with Gasteiger partial charge in [-0.15, -0.1) is 0 Å². The van der Waals surface area contributed by atoms with E-state index in [1.54, 1.807) is 17.9 Å². The van der Waals surface area contributed by atoms with E-state index in [2.05, 4.69) is 0 Å². The van der Waals surface area contributed by atoms with Gasteiger partial charge in [0.2, 0.25) is 0 Å². The SMILES string of the molecule is C/C=C(/C=O)N(C=N)C(C)C. The van der Waals surface area contributed by atoms with E-state index in [1.807, 2.05) is 13.8 Å². The van der Waals surface area contributed by atoms with Gasteiger partial charge in [0.1, 0.15) is 0 Å². The van der Waals surface area contributed by atoms with E-state index in [9.17, 15) is 4.79 Å². The zero-order valence-electron chi connectivity index (χ0n) is 7.16. The van der Waals surface area contributed by atoms with Crippen LogP contribution in [0, 0.1) is 5.41 Å². The van der Waals surface area contributed by atoms with Crippen LogP contribution in [0.1, 0.15) is 20.8 Å². The molecule has 0 saturated carbocycles. The van der Waals surface area contributed by atoms with Crippen molar-refractivity contribution in [3.63, 3.8) is 0 Å². The van der Waals surface area contributed by atoms with Crippen LogP contribution >= 0.6 is 0 Å². The quantitative estimate of drug-likeness (QED) is 0.288. The monoisotopic (exact) mass is 154 g/mol. The highest BCUT2D eigenvalue weighted by Gasteiger charge is 2.07. The molecule has 3 heteroatoms. The second kappa shape index (κ2) is 4.66. The zero-order chi connectivity index (χ0) is 8.85. The van der Waals surface area contributed by atoms with Crippen molar-refractivity contribution in [3.05, 3.63) is 11.8 Å². The first-order valence-corrected chi connectivity index (χ1v) is 3.57. The summed E-state index contributed by atoms with van der Waals surface area (Å²) in [5, 5.41) is 7.03. The summed E-state index contributed by atoms with van der Waals surface area (Å²) < 4.78 is 0. The van der Waals surface area contributed by atoms with Gasteiger partial charge in [-0.3, -0.25) is 10.2 Å². The molecule has 0 radical (unpaired) electrons. The third-order valence-corrected chi connectivity index (χ3v) is 1.41. The van der Waals surface area contributed by atoms with Crippen LogP contribution in [-0.2, 0) is 4.79 Å². The number of aldehydes is 1. The lowest BCUT2D eigenvalue weighted by Gasteiger charge is -2.22. The number of nitrogens with one attached hydrogen (secondary N) is 1. The molecule has 0 aliphatic heterocycles. The first-order chi connectivity index (χ1) is 5.17. The molecule has 0 spiro atoms.